The second kappa shape index (κ2) is 6.95. The van der Waals surface area contributed by atoms with E-state index in [4.69, 9.17) is 0 Å². The van der Waals surface area contributed by atoms with Crippen molar-refractivity contribution in [2.45, 2.75) is 52.6 Å². The third kappa shape index (κ3) is 3.56. The van der Waals surface area contributed by atoms with E-state index in [1.54, 1.807) is 0 Å². The lowest BCUT2D eigenvalue weighted by Crippen LogP contribution is -2.58. The number of nitrogens with zero attached hydrogens (tertiary/aromatic N) is 1. The van der Waals surface area contributed by atoms with Crippen molar-refractivity contribution in [2.75, 3.05) is 18.0 Å². The first-order chi connectivity index (χ1) is 9.52. The lowest BCUT2D eigenvalue weighted by Gasteiger charge is -2.44. The van der Waals surface area contributed by atoms with Gasteiger partial charge in [0, 0.05) is 35.3 Å². The van der Waals surface area contributed by atoms with Crippen molar-refractivity contribution in [3.8, 4) is 0 Å². The standard InChI is InChI=1S/C17H27BrN2/c1-5-6-15-11-20(17(10-19-15)12(2)3)16-8-7-14(18)9-13(16)4/h7-9,12,15,17,19H,5-6,10-11H2,1-4H3. The first kappa shape index (κ1) is 15.8. The highest BCUT2D eigenvalue weighted by molar-refractivity contribution is 9.10. The minimum Gasteiger partial charge on any atom is -0.365 e. The lowest BCUT2D eigenvalue weighted by atomic mass is 9.95. The van der Waals surface area contributed by atoms with E-state index in [-0.39, 0.29) is 0 Å². The predicted molar refractivity (Wildman–Crippen MR) is 91.5 cm³/mol. The minimum absolute atomic E-state index is 0.586. The van der Waals surface area contributed by atoms with Gasteiger partial charge in [0.05, 0.1) is 0 Å². The molecule has 0 bridgehead atoms. The molecule has 0 aliphatic carbocycles. The van der Waals surface area contributed by atoms with Crippen molar-refractivity contribution in [1.82, 2.24) is 5.32 Å². The summed E-state index contributed by atoms with van der Waals surface area (Å²) in [6.07, 6.45) is 2.51. The predicted octanol–water partition coefficient (Wildman–Crippen LogP) is 4.36. The van der Waals surface area contributed by atoms with E-state index in [0.717, 1.165) is 13.1 Å². The Hall–Kier alpha value is -0.540. The van der Waals surface area contributed by atoms with E-state index in [1.165, 1.54) is 28.6 Å². The molecule has 20 heavy (non-hydrogen) atoms. The van der Waals surface area contributed by atoms with Crippen LogP contribution in [0.1, 0.15) is 39.2 Å². The van der Waals surface area contributed by atoms with Crippen molar-refractivity contribution in [3.63, 3.8) is 0 Å². The third-order valence-electron chi connectivity index (χ3n) is 4.31. The van der Waals surface area contributed by atoms with Crippen molar-refractivity contribution in [1.29, 1.82) is 0 Å². The largest absolute Gasteiger partial charge is 0.365 e. The molecule has 2 nitrogen and oxygen atoms in total. The van der Waals surface area contributed by atoms with Crippen LogP contribution in [-0.2, 0) is 0 Å². The normalized spacial score (nSPS) is 23.4. The number of halogens is 1. The van der Waals surface area contributed by atoms with Crippen LogP contribution in [0.25, 0.3) is 0 Å². The van der Waals surface area contributed by atoms with Gasteiger partial charge in [-0.05, 0) is 43.0 Å². The van der Waals surface area contributed by atoms with Gasteiger partial charge in [0.2, 0.25) is 0 Å². The van der Waals surface area contributed by atoms with Gasteiger partial charge in [-0.3, -0.25) is 0 Å². The first-order valence-corrected chi connectivity index (χ1v) is 8.58. The molecule has 1 aliphatic heterocycles. The molecule has 3 heteroatoms. The van der Waals surface area contributed by atoms with E-state index in [9.17, 15) is 0 Å². The van der Waals surface area contributed by atoms with E-state index >= 15 is 0 Å². The molecule has 112 valence electrons. The van der Waals surface area contributed by atoms with Crippen LogP contribution in [0.15, 0.2) is 22.7 Å². The van der Waals surface area contributed by atoms with E-state index in [2.05, 4.69) is 72.0 Å². The topological polar surface area (TPSA) is 15.3 Å². The van der Waals surface area contributed by atoms with Gasteiger partial charge in [-0.15, -0.1) is 0 Å². The van der Waals surface area contributed by atoms with Crippen molar-refractivity contribution in [3.05, 3.63) is 28.2 Å². The summed E-state index contributed by atoms with van der Waals surface area (Å²) in [5, 5.41) is 3.73. The number of hydrogen-bond donors (Lipinski definition) is 1. The second-order valence-electron chi connectivity index (χ2n) is 6.29. The van der Waals surface area contributed by atoms with E-state index in [0.29, 0.717) is 18.0 Å². The lowest BCUT2D eigenvalue weighted by molar-refractivity contribution is 0.327. The molecule has 2 unspecified atom stereocenters. The highest BCUT2D eigenvalue weighted by Crippen LogP contribution is 2.29. The maximum atomic E-state index is 3.73. The van der Waals surface area contributed by atoms with Crippen LogP contribution in [0.4, 0.5) is 5.69 Å². The molecule has 1 N–H and O–H groups in total. The summed E-state index contributed by atoms with van der Waals surface area (Å²) in [5.74, 6) is 0.660. The Bertz CT molecular complexity index is 445. The molecule has 1 aliphatic rings. The molecule has 2 atom stereocenters. The smallest absolute Gasteiger partial charge is 0.0438 e. The van der Waals surface area contributed by atoms with Crippen molar-refractivity contribution < 1.29 is 0 Å². The second-order valence-corrected chi connectivity index (χ2v) is 7.20. The first-order valence-electron chi connectivity index (χ1n) is 7.79. The number of nitrogens with one attached hydrogen (secondary N) is 1. The maximum Gasteiger partial charge on any atom is 0.0438 e. The van der Waals surface area contributed by atoms with Gasteiger partial charge >= 0.3 is 0 Å². The Morgan fingerprint density at radius 1 is 1.40 bits per heavy atom. The fraction of sp³-hybridized carbons (Fsp3) is 0.647. The van der Waals surface area contributed by atoms with Gasteiger partial charge in [-0.1, -0.05) is 43.1 Å². The van der Waals surface area contributed by atoms with E-state index in [1.807, 2.05) is 0 Å². The zero-order valence-corrected chi connectivity index (χ0v) is 14.7. The zero-order valence-electron chi connectivity index (χ0n) is 13.1. The van der Waals surface area contributed by atoms with Gasteiger partial charge in [0.15, 0.2) is 0 Å². The van der Waals surface area contributed by atoms with E-state index < -0.39 is 0 Å². The summed E-state index contributed by atoms with van der Waals surface area (Å²) in [6, 6.07) is 7.87. The van der Waals surface area contributed by atoms with Crippen LogP contribution in [0.2, 0.25) is 0 Å². The number of hydrogen-bond acceptors (Lipinski definition) is 2. The van der Waals surface area contributed by atoms with Gasteiger partial charge in [0.1, 0.15) is 0 Å². The molecule has 0 spiro atoms. The highest BCUT2D eigenvalue weighted by atomic mass is 79.9. The zero-order chi connectivity index (χ0) is 14.7. The molecule has 1 aromatic rings. The van der Waals surface area contributed by atoms with Crippen LogP contribution >= 0.6 is 15.9 Å². The molecule has 1 heterocycles. The summed E-state index contributed by atoms with van der Waals surface area (Å²) >= 11 is 3.57. The molecule has 2 rings (SSSR count). The number of benzene rings is 1. The summed E-state index contributed by atoms with van der Waals surface area (Å²) in [7, 11) is 0. The van der Waals surface area contributed by atoms with Crippen molar-refractivity contribution in [2.24, 2.45) is 5.92 Å². The number of anilines is 1. The van der Waals surface area contributed by atoms with Crippen LogP contribution in [0, 0.1) is 12.8 Å². The van der Waals surface area contributed by atoms with Crippen LogP contribution < -0.4 is 10.2 Å². The number of rotatable bonds is 4. The fourth-order valence-corrected chi connectivity index (χ4v) is 3.67. The maximum absolute atomic E-state index is 3.73. The minimum atomic E-state index is 0.586. The quantitative estimate of drug-likeness (QED) is 0.877. The molecule has 0 radical (unpaired) electrons. The van der Waals surface area contributed by atoms with Crippen molar-refractivity contribution >= 4 is 21.6 Å². The SMILES string of the molecule is CCCC1CN(c2ccc(Br)cc2C)C(C(C)C)CN1. The monoisotopic (exact) mass is 338 g/mol. The average Bonchev–Trinajstić information content (AvgIpc) is 2.38. The fourth-order valence-electron chi connectivity index (χ4n) is 3.19. The molecule has 0 saturated carbocycles. The van der Waals surface area contributed by atoms with Gasteiger partial charge in [0.25, 0.3) is 0 Å². The summed E-state index contributed by atoms with van der Waals surface area (Å²) in [4.78, 5) is 2.63. The van der Waals surface area contributed by atoms with Crippen LogP contribution in [0.3, 0.4) is 0 Å². The van der Waals surface area contributed by atoms with Gasteiger partial charge in [-0.2, -0.15) is 0 Å². The average molecular weight is 339 g/mol. The van der Waals surface area contributed by atoms with Gasteiger partial charge in [-0.25, -0.2) is 0 Å². The Morgan fingerprint density at radius 2 is 2.15 bits per heavy atom. The molecule has 1 fully saturated rings. The molecule has 0 aromatic heterocycles. The Balaban J connectivity index is 2.26. The molecule has 1 aromatic carbocycles. The molecular formula is C17H27BrN2. The Morgan fingerprint density at radius 3 is 2.75 bits per heavy atom. The highest BCUT2D eigenvalue weighted by Gasteiger charge is 2.30. The Kier molecular flexibility index (Phi) is 5.50. The molecular weight excluding hydrogens is 312 g/mol. The van der Waals surface area contributed by atoms with Gasteiger partial charge < -0.3 is 10.2 Å². The summed E-state index contributed by atoms with van der Waals surface area (Å²) in [6.45, 7) is 11.4. The number of aryl methyl sites for hydroxylation is 1. The number of piperazine rings is 1. The van der Waals surface area contributed by atoms with Crippen LogP contribution in [-0.4, -0.2) is 25.2 Å². The summed E-state index contributed by atoms with van der Waals surface area (Å²) < 4.78 is 1.17. The molecule has 1 saturated heterocycles. The Labute approximate surface area is 132 Å². The third-order valence-corrected chi connectivity index (χ3v) is 4.80. The van der Waals surface area contributed by atoms with Crippen LogP contribution in [0.5, 0.6) is 0 Å². The summed E-state index contributed by atoms with van der Waals surface area (Å²) in [5.41, 5.74) is 2.76. The molecule has 0 amide bonds.